The van der Waals surface area contributed by atoms with Crippen molar-refractivity contribution in [1.29, 1.82) is 0 Å². The molecular formula is C15H20N4O. The van der Waals surface area contributed by atoms with E-state index in [1.807, 2.05) is 19.3 Å². The van der Waals surface area contributed by atoms with Crippen LogP contribution in [0.5, 0.6) is 0 Å². The van der Waals surface area contributed by atoms with Crippen LogP contribution in [0.4, 0.5) is 0 Å². The van der Waals surface area contributed by atoms with Crippen molar-refractivity contribution in [2.45, 2.75) is 26.4 Å². The number of hydrogen-bond acceptors (Lipinski definition) is 4. The van der Waals surface area contributed by atoms with Crippen LogP contribution >= 0.6 is 0 Å². The van der Waals surface area contributed by atoms with Crippen LogP contribution in [0.2, 0.25) is 0 Å². The molecule has 20 heavy (non-hydrogen) atoms. The summed E-state index contributed by atoms with van der Waals surface area (Å²) in [4.78, 5) is 6.80. The van der Waals surface area contributed by atoms with Crippen LogP contribution in [0, 0.1) is 13.8 Å². The van der Waals surface area contributed by atoms with E-state index in [1.165, 1.54) is 11.1 Å². The third-order valence-corrected chi connectivity index (χ3v) is 3.80. The maximum absolute atomic E-state index is 5.64. The van der Waals surface area contributed by atoms with Gasteiger partial charge in [0.2, 0.25) is 0 Å². The second-order valence-electron chi connectivity index (χ2n) is 5.34. The summed E-state index contributed by atoms with van der Waals surface area (Å²) < 4.78 is 5.64. The first-order valence-electron chi connectivity index (χ1n) is 6.97. The first kappa shape index (κ1) is 13.3. The molecule has 0 spiro atoms. The number of aryl methyl sites for hydroxylation is 2. The summed E-state index contributed by atoms with van der Waals surface area (Å²) in [6.07, 6.45) is 3.83. The summed E-state index contributed by atoms with van der Waals surface area (Å²) in [5.74, 6) is 0. The fraction of sp³-hybridized carbons (Fsp3) is 0.467. The van der Waals surface area contributed by atoms with Crippen LogP contribution in [0.1, 0.15) is 28.6 Å². The van der Waals surface area contributed by atoms with Crippen LogP contribution in [-0.4, -0.2) is 39.8 Å². The molecule has 106 valence electrons. The normalized spacial score (nSPS) is 20.2. The largest absolute Gasteiger partial charge is 0.378 e. The molecule has 1 aliphatic heterocycles. The van der Waals surface area contributed by atoms with E-state index in [1.54, 1.807) is 0 Å². The van der Waals surface area contributed by atoms with Gasteiger partial charge in [-0.2, -0.15) is 5.10 Å². The highest BCUT2D eigenvalue weighted by Crippen LogP contribution is 2.26. The number of hydrogen-bond donors (Lipinski definition) is 1. The van der Waals surface area contributed by atoms with Gasteiger partial charge in [0.05, 0.1) is 31.1 Å². The van der Waals surface area contributed by atoms with Crippen LogP contribution in [0.3, 0.4) is 0 Å². The Labute approximate surface area is 119 Å². The predicted molar refractivity (Wildman–Crippen MR) is 76.3 cm³/mol. The van der Waals surface area contributed by atoms with E-state index in [9.17, 15) is 0 Å². The first-order valence-corrected chi connectivity index (χ1v) is 6.97. The lowest BCUT2D eigenvalue weighted by Crippen LogP contribution is -2.39. The van der Waals surface area contributed by atoms with Crippen molar-refractivity contribution in [3.05, 3.63) is 47.0 Å². The lowest BCUT2D eigenvalue weighted by Gasteiger charge is -2.35. The molecule has 1 N–H and O–H groups in total. The second-order valence-corrected chi connectivity index (χ2v) is 5.34. The fourth-order valence-corrected chi connectivity index (χ4v) is 2.61. The number of pyridine rings is 1. The molecule has 0 bridgehead atoms. The summed E-state index contributed by atoms with van der Waals surface area (Å²) in [5.41, 5.74) is 4.63. The average molecular weight is 272 g/mol. The Kier molecular flexibility index (Phi) is 3.80. The number of aromatic nitrogens is 3. The van der Waals surface area contributed by atoms with Crippen LogP contribution in [0.15, 0.2) is 24.5 Å². The van der Waals surface area contributed by atoms with Crippen molar-refractivity contribution in [1.82, 2.24) is 20.1 Å². The SMILES string of the molecule is Cc1ccc(CN2CCOC[C@@H]2c2[nH]ncc2C)cn1. The minimum Gasteiger partial charge on any atom is -0.378 e. The molecule has 2 aromatic heterocycles. The smallest absolute Gasteiger partial charge is 0.0758 e. The van der Waals surface area contributed by atoms with Gasteiger partial charge in [0.25, 0.3) is 0 Å². The number of morpholine rings is 1. The molecule has 5 heteroatoms. The van der Waals surface area contributed by atoms with E-state index in [2.05, 4.69) is 39.1 Å². The van der Waals surface area contributed by atoms with Gasteiger partial charge < -0.3 is 4.74 Å². The number of aromatic amines is 1. The molecule has 0 unspecified atom stereocenters. The molecular weight excluding hydrogens is 252 g/mol. The van der Waals surface area contributed by atoms with Crippen molar-refractivity contribution >= 4 is 0 Å². The van der Waals surface area contributed by atoms with Gasteiger partial charge in [-0.05, 0) is 31.0 Å². The molecule has 0 aromatic carbocycles. The Bertz CT molecular complexity index is 564. The van der Waals surface area contributed by atoms with Gasteiger partial charge >= 0.3 is 0 Å². The standard InChI is InChI=1S/C15H20N4O/c1-11-7-17-18-15(11)14-10-20-6-5-19(14)9-13-4-3-12(2)16-8-13/h3-4,7-8,14H,5-6,9-10H2,1-2H3,(H,17,18)/t14-/m1/s1. The Balaban J connectivity index is 1.79. The number of ether oxygens (including phenoxy) is 1. The maximum Gasteiger partial charge on any atom is 0.0758 e. The molecule has 1 fully saturated rings. The van der Waals surface area contributed by atoms with Crippen molar-refractivity contribution in [3.8, 4) is 0 Å². The zero-order valence-electron chi connectivity index (χ0n) is 12.0. The molecule has 2 aromatic rings. The Hall–Kier alpha value is -1.72. The highest BCUT2D eigenvalue weighted by Gasteiger charge is 2.27. The number of rotatable bonds is 3. The van der Waals surface area contributed by atoms with Crippen LogP contribution in [-0.2, 0) is 11.3 Å². The van der Waals surface area contributed by atoms with Crippen molar-refractivity contribution in [3.63, 3.8) is 0 Å². The topological polar surface area (TPSA) is 54.0 Å². The van der Waals surface area contributed by atoms with Gasteiger partial charge in [-0.25, -0.2) is 0 Å². The molecule has 5 nitrogen and oxygen atoms in total. The minimum absolute atomic E-state index is 0.243. The van der Waals surface area contributed by atoms with E-state index in [4.69, 9.17) is 4.74 Å². The zero-order chi connectivity index (χ0) is 13.9. The zero-order valence-corrected chi connectivity index (χ0v) is 12.0. The Morgan fingerprint density at radius 1 is 1.35 bits per heavy atom. The Morgan fingerprint density at radius 2 is 2.25 bits per heavy atom. The summed E-state index contributed by atoms with van der Waals surface area (Å²) in [6.45, 7) is 7.40. The summed E-state index contributed by atoms with van der Waals surface area (Å²) in [6, 6.07) is 4.45. The molecule has 0 amide bonds. The number of nitrogens with zero attached hydrogens (tertiary/aromatic N) is 3. The van der Waals surface area contributed by atoms with Crippen LogP contribution < -0.4 is 0 Å². The molecule has 0 aliphatic carbocycles. The van der Waals surface area contributed by atoms with E-state index < -0.39 is 0 Å². The van der Waals surface area contributed by atoms with Crippen molar-refractivity contribution in [2.24, 2.45) is 0 Å². The summed E-state index contributed by atoms with van der Waals surface area (Å²) >= 11 is 0. The fourth-order valence-electron chi connectivity index (χ4n) is 2.61. The molecule has 1 saturated heterocycles. The number of nitrogens with one attached hydrogen (secondary N) is 1. The highest BCUT2D eigenvalue weighted by molar-refractivity contribution is 5.20. The third kappa shape index (κ3) is 2.73. The molecule has 1 aliphatic rings. The first-order chi connectivity index (χ1) is 9.74. The molecule has 0 radical (unpaired) electrons. The second kappa shape index (κ2) is 5.73. The molecule has 3 heterocycles. The molecule has 1 atom stereocenters. The minimum atomic E-state index is 0.243. The van der Waals surface area contributed by atoms with Crippen LogP contribution in [0.25, 0.3) is 0 Å². The highest BCUT2D eigenvalue weighted by atomic mass is 16.5. The quantitative estimate of drug-likeness (QED) is 0.928. The maximum atomic E-state index is 5.64. The number of H-pyrrole nitrogens is 1. The van der Waals surface area contributed by atoms with Gasteiger partial charge in [-0.1, -0.05) is 6.07 Å². The summed E-state index contributed by atoms with van der Waals surface area (Å²) in [7, 11) is 0. The van der Waals surface area contributed by atoms with Gasteiger partial charge in [0.1, 0.15) is 0 Å². The summed E-state index contributed by atoms with van der Waals surface area (Å²) in [5, 5.41) is 7.24. The van der Waals surface area contributed by atoms with E-state index in [0.29, 0.717) is 6.61 Å². The van der Waals surface area contributed by atoms with E-state index >= 15 is 0 Å². The van der Waals surface area contributed by atoms with E-state index in [0.717, 1.165) is 31.1 Å². The van der Waals surface area contributed by atoms with Crippen molar-refractivity contribution in [2.75, 3.05) is 19.8 Å². The van der Waals surface area contributed by atoms with Gasteiger partial charge in [0.15, 0.2) is 0 Å². The lowest BCUT2D eigenvalue weighted by atomic mass is 10.1. The molecule has 0 saturated carbocycles. The monoisotopic (exact) mass is 272 g/mol. The Morgan fingerprint density at radius 3 is 2.95 bits per heavy atom. The third-order valence-electron chi connectivity index (χ3n) is 3.80. The van der Waals surface area contributed by atoms with Crippen molar-refractivity contribution < 1.29 is 4.74 Å². The van der Waals surface area contributed by atoms with Gasteiger partial charge in [-0.3, -0.25) is 15.0 Å². The van der Waals surface area contributed by atoms with Gasteiger partial charge in [-0.15, -0.1) is 0 Å². The molecule has 3 rings (SSSR count). The van der Waals surface area contributed by atoms with Gasteiger partial charge in [0, 0.05) is 25.0 Å². The average Bonchev–Trinajstić information content (AvgIpc) is 2.88. The lowest BCUT2D eigenvalue weighted by molar-refractivity contribution is -0.0145. The van der Waals surface area contributed by atoms with E-state index in [-0.39, 0.29) is 6.04 Å². The predicted octanol–water partition coefficient (Wildman–Crippen LogP) is 2.00.